The van der Waals surface area contributed by atoms with Gasteiger partial charge in [0.05, 0.1) is 18.0 Å². The Kier molecular flexibility index (Phi) is 4.50. The van der Waals surface area contributed by atoms with Crippen molar-refractivity contribution in [2.45, 2.75) is 33.3 Å². The Hall–Kier alpha value is -2.17. The van der Waals surface area contributed by atoms with Gasteiger partial charge in [-0.2, -0.15) is 0 Å². The van der Waals surface area contributed by atoms with Gasteiger partial charge in [-0.25, -0.2) is 9.97 Å². The second-order valence-corrected chi connectivity index (χ2v) is 4.73. The van der Waals surface area contributed by atoms with Gasteiger partial charge in [0.25, 0.3) is 0 Å². The first-order valence-corrected chi connectivity index (χ1v) is 6.80. The van der Waals surface area contributed by atoms with Crippen molar-refractivity contribution in [1.82, 2.24) is 15.0 Å². The number of ether oxygens (including phenoxy) is 1. The van der Waals surface area contributed by atoms with Crippen LogP contribution in [0, 0.1) is 0 Å². The number of nitrogens with one attached hydrogen (secondary N) is 1. The Bertz CT molecular complexity index is 562. The zero-order valence-electron chi connectivity index (χ0n) is 12.3. The van der Waals surface area contributed by atoms with Crippen LogP contribution in [0.15, 0.2) is 24.5 Å². The number of pyridine rings is 1. The average Bonchev–Trinajstić information content (AvgIpc) is 2.46. The predicted molar refractivity (Wildman–Crippen MR) is 80.0 cm³/mol. The molecule has 0 amide bonds. The second kappa shape index (κ2) is 6.32. The smallest absolute Gasteiger partial charge is 0.138 e. The minimum absolute atomic E-state index is 0.122. The van der Waals surface area contributed by atoms with Gasteiger partial charge in [-0.3, -0.25) is 4.98 Å². The number of rotatable bonds is 5. The van der Waals surface area contributed by atoms with E-state index >= 15 is 0 Å². The Morgan fingerprint density at radius 3 is 2.65 bits per heavy atom. The first kappa shape index (κ1) is 14.2. The van der Waals surface area contributed by atoms with Crippen LogP contribution >= 0.6 is 0 Å². The lowest BCUT2D eigenvalue weighted by molar-refractivity contribution is 0.241. The number of hydrogen-bond acceptors (Lipinski definition) is 5. The van der Waals surface area contributed by atoms with Crippen molar-refractivity contribution >= 4 is 5.82 Å². The predicted octanol–water partition coefficient (Wildman–Crippen LogP) is 2.93. The molecule has 0 saturated carbocycles. The van der Waals surface area contributed by atoms with Crippen LogP contribution in [0.1, 0.15) is 26.6 Å². The average molecular weight is 272 g/mol. The molecule has 2 aromatic rings. The highest BCUT2D eigenvalue weighted by Crippen LogP contribution is 2.23. The molecule has 0 unspecified atom stereocenters. The fourth-order valence-electron chi connectivity index (χ4n) is 1.83. The van der Waals surface area contributed by atoms with Crippen LogP contribution < -0.4 is 10.1 Å². The Morgan fingerprint density at radius 2 is 2.00 bits per heavy atom. The van der Waals surface area contributed by atoms with Gasteiger partial charge in [0.1, 0.15) is 17.4 Å². The molecule has 0 aliphatic heterocycles. The van der Waals surface area contributed by atoms with E-state index in [9.17, 15) is 0 Å². The van der Waals surface area contributed by atoms with E-state index in [1.165, 1.54) is 0 Å². The van der Waals surface area contributed by atoms with Crippen molar-refractivity contribution in [3.8, 4) is 17.0 Å². The van der Waals surface area contributed by atoms with Crippen molar-refractivity contribution in [1.29, 1.82) is 0 Å². The standard InChI is InChI=1S/C15H20N4O/c1-5-14-18-13(7-15(16-4)19-14)11-6-12(9-17-8-11)20-10(2)3/h6-10H,5H2,1-4H3,(H,16,18,19). The summed E-state index contributed by atoms with van der Waals surface area (Å²) >= 11 is 0. The van der Waals surface area contributed by atoms with Gasteiger partial charge >= 0.3 is 0 Å². The summed E-state index contributed by atoms with van der Waals surface area (Å²) in [6.45, 7) is 6.02. The van der Waals surface area contributed by atoms with Crippen LogP contribution in [-0.2, 0) is 6.42 Å². The van der Waals surface area contributed by atoms with Crippen molar-refractivity contribution in [3.05, 3.63) is 30.4 Å². The summed E-state index contributed by atoms with van der Waals surface area (Å²) in [6, 6.07) is 3.86. The van der Waals surface area contributed by atoms with Gasteiger partial charge in [-0.15, -0.1) is 0 Å². The largest absolute Gasteiger partial charge is 0.489 e. The van der Waals surface area contributed by atoms with Crippen LogP contribution in [0.2, 0.25) is 0 Å². The normalized spacial score (nSPS) is 10.7. The molecule has 2 aromatic heterocycles. The quantitative estimate of drug-likeness (QED) is 0.906. The van der Waals surface area contributed by atoms with E-state index in [1.54, 1.807) is 12.4 Å². The number of nitrogens with zero attached hydrogens (tertiary/aromatic N) is 3. The van der Waals surface area contributed by atoms with Crippen molar-refractivity contribution < 1.29 is 4.74 Å². The first-order chi connectivity index (χ1) is 9.62. The van der Waals surface area contributed by atoms with E-state index < -0.39 is 0 Å². The summed E-state index contributed by atoms with van der Waals surface area (Å²) in [6.07, 6.45) is 4.41. The van der Waals surface area contributed by atoms with E-state index in [0.717, 1.165) is 35.1 Å². The third kappa shape index (κ3) is 3.44. The molecule has 20 heavy (non-hydrogen) atoms. The summed E-state index contributed by atoms with van der Waals surface area (Å²) in [4.78, 5) is 13.2. The fraction of sp³-hybridized carbons (Fsp3) is 0.400. The van der Waals surface area contributed by atoms with Crippen molar-refractivity contribution in [2.24, 2.45) is 0 Å². The molecule has 5 nitrogen and oxygen atoms in total. The molecule has 0 aliphatic rings. The number of anilines is 1. The maximum Gasteiger partial charge on any atom is 0.138 e. The molecule has 0 atom stereocenters. The van der Waals surface area contributed by atoms with E-state index in [2.05, 4.69) is 20.3 Å². The third-order valence-electron chi connectivity index (χ3n) is 2.73. The lowest BCUT2D eigenvalue weighted by Gasteiger charge is -2.11. The van der Waals surface area contributed by atoms with E-state index in [4.69, 9.17) is 4.74 Å². The van der Waals surface area contributed by atoms with Crippen LogP contribution in [0.3, 0.4) is 0 Å². The van der Waals surface area contributed by atoms with E-state index in [-0.39, 0.29) is 6.10 Å². The fourth-order valence-corrected chi connectivity index (χ4v) is 1.83. The van der Waals surface area contributed by atoms with Crippen LogP contribution in [0.25, 0.3) is 11.3 Å². The second-order valence-electron chi connectivity index (χ2n) is 4.73. The summed E-state index contributed by atoms with van der Waals surface area (Å²) in [5.74, 6) is 2.37. The number of hydrogen-bond donors (Lipinski definition) is 1. The Balaban J connectivity index is 2.40. The molecule has 2 heterocycles. The van der Waals surface area contributed by atoms with Crippen LogP contribution in [0.4, 0.5) is 5.82 Å². The molecular weight excluding hydrogens is 252 g/mol. The molecule has 0 saturated heterocycles. The summed E-state index contributed by atoms with van der Waals surface area (Å²) in [7, 11) is 1.85. The highest BCUT2D eigenvalue weighted by atomic mass is 16.5. The Morgan fingerprint density at radius 1 is 1.20 bits per heavy atom. The monoisotopic (exact) mass is 272 g/mol. The molecule has 2 rings (SSSR count). The van der Waals surface area contributed by atoms with Gasteiger partial charge in [0.15, 0.2) is 0 Å². The van der Waals surface area contributed by atoms with Gasteiger partial charge in [-0.05, 0) is 19.9 Å². The molecule has 0 aliphatic carbocycles. The van der Waals surface area contributed by atoms with Crippen molar-refractivity contribution in [3.63, 3.8) is 0 Å². The molecule has 106 valence electrons. The zero-order valence-corrected chi connectivity index (χ0v) is 12.3. The SMILES string of the molecule is CCc1nc(NC)cc(-c2cncc(OC(C)C)c2)n1. The molecule has 1 N–H and O–H groups in total. The molecular formula is C15H20N4O. The topological polar surface area (TPSA) is 59.9 Å². The minimum atomic E-state index is 0.122. The number of aromatic nitrogens is 3. The summed E-state index contributed by atoms with van der Waals surface area (Å²) in [5.41, 5.74) is 1.78. The van der Waals surface area contributed by atoms with Gasteiger partial charge in [0, 0.05) is 31.3 Å². The third-order valence-corrected chi connectivity index (χ3v) is 2.73. The molecule has 0 spiro atoms. The first-order valence-electron chi connectivity index (χ1n) is 6.80. The zero-order chi connectivity index (χ0) is 14.5. The van der Waals surface area contributed by atoms with Gasteiger partial charge in [0.2, 0.25) is 0 Å². The van der Waals surface area contributed by atoms with Crippen LogP contribution in [-0.4, -0.2) is 28.1 Å². The lowest BCUT2D eigenvalue weighted by atomic mass is 10.2. The van der Waals surface area contributed by atoms with Gasteiger partial charge in [-0.1, -0.05) is 6.92 Å². The summed E-state index contributed by atoms with van der Waals surface area (Å²) in [5, 5.41) is 3.06. The van der Waals surface area contributed by atoms with E-state index in [0.29, 0.717) is 0 Å². The highest BCUT2D eigenvalue weighted by Gasteiger charge is 2.07. The van der Waals surface area contributed by atoms with Crippen LogP contribution in [0.5, 0.6) is 5.75 Å². The van der Waals surface area contributed by atoms with Crippen molar-refractivity contribution in [2.75, 3.05) is 12.4 Å². The molecule has 0 fully saturated rings. The molecule has 5 heteroatoms. The summed E-state index contributed by atoms with van der Waals surface area (Å²) < 4.78 is 5.67. The minimum Gasteiger partial charge on any atom is -0.489 e. The lowest BCUT2D eigenvalue weighted by Crippen LogP contribution is -2.06. The molecule has 0 bridgehead atoms. The maximum absolute atomic E-state index is 5.67. The maximum atomic E-state index is 5.67. The number of aryl methyl sites for hydroxylation is 1. The van der Waals surface area contributed by atoms with Gasteiger partial charge < -0.3 is 10.1 Å². The van der Waals surface area contributed by atoms with E-state index in [1.807, 2.05) is 40.0 Å². The highest BCUT2D eigenvalue weighted by molar-refractivity contribution is 5.63. The molecule has 0 radical (unpaired) electrons. The molecule has 0 aromatic carbocycles. The Labute approximate surface area is 119 Å².